The lowest BCUT2D eigenvalue weighted by Crippen LogP contribution is -2.24. The standard InChI is InChI=1S/C26H37ClO5.2H2S/c1-5-6-13-30-16-23(29)18-31-24-10-7-20(8-11-24)26(3,4)21-9-12-25(19(2)14-21)32-17-22(28)15-27;;/h7-12,14,22-23,28-29H,5-6,13,15-18H2,1-4H3;2*1H2/t22-,23+;;/m1../s1. The highest BCUT2D eigenvalue weighted by molar-refractivity contribution is 7.59. The molecule has 0 aliphatic heterocycles. The molecule has 2 aromatic carbocycles. The summed E-state index contributed by atoms with van der Waals surface area (Å²) in [6, 6.07) is 14.1. The van der Waals surface area contributed by atoms with Crippen LogP contribution in [0.3, 0.4) is 0 Å². The molecule has 0 saturated heterocycles. The number of aliphatic hydroxyl groups is 2. The fraction of sp³-hybridized carbons (Fsp3) is 0.538. The van der Waals surface area contributed by atoms with E-state index in [0.717, 1.165) is 41.0 Å². The van der Waals surface area contributed by atoms with E-state index in [-0.39, 0.29) is 58.1 Å². The van der Waals surface area contributed by atoms with Crippen LogP contribution in [0.2, 0.25) is 0 Å². The molecular formula is C26H41ClO5S2. The van der Waals surface area contributed by atoms with Gasteiger partial charge in [0, 0.05) is 12.0 Å². The van der Waals surface area contributed by atoms with E-state index in [1.54, 1.807) is 0 Å². The minimum absolute atomic E-state index is 0. The predicted molar refractivity (Wildman–Crippen MR) is 150 cm³/mol. The zero-order valence-electron chi connectivity index (χ0n) is 20.6. The summed E-state index contributed by atoms with van der Waals surface area (Å²) < 4.78 is 16.8. The van der Waals surface area contributed by atoms with Gasteiger partial charge in [-0.2, -0.15) is 27.0 Å². The number of unbranched alkanes of at least 4 members (excludes halogenated alkanes) is 1. The van der Waals surface area contributed by atoms with Crippen molar-refractivity contribution in [3.8, 4) is 11.5 Å². The van der Waals surface area contributed by atoms with Crippen molar-refractivity contribution >= 4 is 38.6 Å². The molecule has 0 aliphatic carbocycles. The van der Waals surface area contributed by atoms with Crippen LogP contribution < -0.4 is 9.47 Å². The smallest absolute Gasteiger partial charge is 0.122 e. The second-order valence-electron chi connectivity index (χ2n) is 8.64. The topological polar surface area (TPSA) is 68.2 Å². The van der Waals surface area contributed by atoms with Gasteiger partial charge < -0.3 is 24.4 Å². The molecule has 0 heterocycles. The van der Waals surface area contributed by atoms with Crippen LogP contribution in [0.5, 0.6) is 11.5 Å². The zero-order valence-corrected chi connectivity index (χ0v) is 23.4. The first kappa shape index (κ1) is 32.9. The quantitative estimate of drug-likeness (QED) is 0.262. The minimum Gasteiger partial charge on any atom is -0.491 e. The van der Waals surface area contributed by atoms with Gasteiger partial charge in [-0.1, -0.05) is 51.5 Å². The van der Waals surface area contributed by atoms with Gasteiger partial charge in [-0.25, -0.2) is 0 Å². The van der Waals surface area contributed by atoms with Gasteiger partial charge in [0.2, 0.25) is 0 Å². The van der Waals surface area contributed by atoms with Crippen molar-refractivity contribution in [2.45, 2.75) is 58.2 Å². The summed E-state index contributed by atoms with van der Waals surface area (Å²) in [5.74, 6) is 1.61. The van der Waals surface area contributed by atoms with Crippen molar-refractivity contribution in [2.24, 2.45) is 0 Å². The lowest BCUT2D eigenvalue weighted by Gasteiger charge is -2.27. The number of halogens is 1. The summed E-state index contributed by atoms with van der Waals surface area (Å²) in [5.41, 5.74) is 3.10. The van der Waals surface area contributed by atoms with Crippen molar-refractivity contribution in [1.29, 1.82) is 0 Å². The third-order valence-electron chi connectivity index (χ3n) is 5.48. The first-order valence-corrected chi connectivity index (χ1v) is 11.8. The van der Waals surface area contributed by atoms with E-state index >= 15 is 0 Å². The predicted octanol–water partition coefficient (Wildman–Crippen LogP) is 5.08. The molecule has 2 aromatic rings. The first-order valence-electron chi connectivity index (χ1n) is 11.2. The average Bonchev–Trinajstić information content (AvgIpc) is 2.79. The summed E-state index contributed by atoms with van der Waals surface area (Å²) in [4.78, 5) is 0. The number of alkyl halides is 1. The number of hydrogen-bond acceptors (Lipinski definition) is 5. The van der Waals surface area contributed by atoms with E-state index in [0.29, 0.717) is 6.61 Å². The highest BCUT2D eigenvalue weighted by Gasteiger charge is 2.24. The molecule has 0 fully saturated rings. The molecule has 0 bridgehead atoms. The largest absolute Gasteiger partial charge is 0.491 e. The average molecular weight is 533 g/mol. The summed E-state index contributed by atoms with van der Waals surface area (Å²) in [6.07, 6.45) is 0.753. The van der Waals surface area contributed by atoms with Crippen LogP contribution >= 0.6 is 38.6 Å². The second-order valence-corrected chi connectivity index (χ2v) is 8.95. The molecule has 0 aromatic heterocycles. The van der Waals surface area contributed by atoms with Gasteiger partial charge in [0.05, 0.1) is 12.5 Å². The normalized spacial score (nSPS) is 12.8. The van der Waals surface area contributed by atoms with E-state index in [2.05, 4.69) is 45.0 Å². The van der Waals surface area contributed by atoms with E-state index in [1.165, 1.54) is 0 Å². The van der Waals surface area contributed by atoms with Crippen LogP contribution in [0.25, 0.3) is 0 Å². The molecule has 2 N–H and O–H groups in total. The van der Waals surface area contributed by atoms with Crippen LogP contribution in [0.4, 0.5) is 0 Å². The van der Waals surface area contributed by atoms with Crippen molar-refractivity contribution in [3.63, 3.8) is 0 Å². The molecule has 0 radical (unpaired) electrons. The second kappa shape index (κ2) is 16.6. The Morgan fingerprint density at radius 3 is 2.09 bits per heavy atom. The lowest BCUT2D eigenvalue weighted by atomic mass is 9.77. The third kappa shape index (κ3) is 10.3. The molecule has 0 spiro atoms. The van der Waals surface area contributed by atoms with Crippen LogP contribution in [0.1, 0.15) is 50.3 Å². The molecule has 194 valence electrons. The highest BCUT2D eigenvalue weighted by atomic mass is 35.5. The molecule has 0 unspecified atom stereocenters. The van der Waals surface area contributed by atoms with Gasteiger partial charge in [-0.3, -0.25) is 0 Å². The molecule has 0 saturated carbocycles. The number of aryl methyl sites for hydroxylation is 1. The molecule has 5 nitrogen and oxygen atoms in total. The van der Waals surface area contributed by atoms with E-state index in [1.807, 2.05) is 25.1 Å². The zero-order chi connectivity index (χ0) is 23.6. The maximum absolute atomic E-state index is 9.99. The Kier molecular flexibility index (Phi) is 16.0. The Morgan fingerprint density at radius 2 is 1.50 bits per heavy atom. The molecular weight excluding hydrogens is 492 g/mol. The van der Waals surface area contributed by atoms with Gasteiger partial charge in [-0.15, -0.1) is 11.6 Å². The Morgan fingerprint density at radius 1 is 0.882 bits per heavy atom. The minimum atomic E-state index is -0.678. The number of rotatable bonds is 14. The van der Waals surface area contributed by atoms with Crippen LogP contribution in [-0.2, 0) is 10.2 Å². The monoisotopic (exact) mass is 532 g/mol. The maximum atomic E-state index is 9.99. The highest BCUT2D eigenvalue weighted by Crippen LogP contribution is 2.34. The van der Waals surface area contributed by atoms with Gasteiger partial charge >= 0.3 is 0 Å². The molecule has 0 amide bonds. The van der Waals surface area contributed by atoms with Gasteiger partial charge in [0.15, 0.2) is 0 Å². The van der Waals surface area contributed by atoms with E-state index in [4.69, 9.17) is 25.8 Å². The Labute approximate surface area is 223 Å². The number of aliphatic hydroxyl groups excluding tert-OH is 2. The molecule has 34 heavy (non-hydrogen) atoms. The van der Waals surface area contributed by atoms with Crippen molar-refractivity contribution < 1.29 is 24.4 Å². The van der Waals surface area contributed by atoms with Crippen molar-refractivity contribution in [1.82, 2.24) is 0 Å². The van der Waals surface area contributed by atoms with Crippen molar-refractivity contribution in [3.05, 3.63) is 59.2 Å². The number of hydrogen-bond donors (Lipinski definition) is 2. The summed E-state index contributed by atoms with van der Waals surface area (Å²) in [7, 11) is 0. The van der Waals surface area contributed by atoms with Crippen molar-refractivity contribution in [2.75, 3.05) is 32.3 Å². The Bertz CT molecular complexity index is 817. The first-order chi connectivity index (χ1) is 15.3. The van der Waals surface area contributed by atoms with Crippen LogP contribution in [-0.4, -0.2) is 54.7 Å². The summed E-state index contributed by atoms with van der Waals surface area (Å²) >= 11 is 5.63. The molecule has 2 atom stereocenters. The molecule has 8 heteroatoms. The van der Waals surface area contributed by atoms with E-state index < -0.39 is 12.2 Å². The summed E-state index contributed by atoms with van der Waals surface area (Å²) in [6.45, 7) is 9.78. The Hall–Kier alpha value is -1.09. The van der Waals surface area contributed by atoms with Gasteiger partial charge in [0.25, 0.3) is 0 Å². The molecule has 2 rings (SSSR count). The van der Waals surface area contributed by atoms with Crippen LogP contribution in [0, 0.1) is 6.92 Å². The SMILES string of the molecule is CCCCOC[C@H](O)COc1ccc(C(C)(C)c2ccc(OC[C@H](O)CCl)c(C)c2)cc1.S.S. The van der Waals surface area contributed by atoms with Gasteiger partial charge in [0.1, 0.15) is 36.9 Å². The maximum Gasteiger partial charge on any atom is 0.122 e. The Balaban J connectivity index is 0.00000544. The number of benzene rings is 2. The summed E-state index contributed by atoms with van der Waals surface area (Å²) in [5, 5.41) is 19.6. The number of ether oxygens (including phenoxy) is 3. The fourth-order valence-corrected chi connectivity index (χ4v) is 3.36. The third-order valence-corrected chi connectivity index (χ3v) is 5.83. The van der Waals surface area contributed by atoms with E-state index in [9.17, 15) is 10.2 Å². The molecule has 0 aliphatic rings. The van der Waals surface area contributed by atoms with Gasteiger partial charge in [-0.05, 0) is 48.2 Å². The fourth-order valence-electron chi connectivity index (χ4n) is 3.27. The lowest BCUT2D eigenvalue weighted by molar-refractivity contribution is 0.0113. The van der Waals surface area contributed by atoms with Crippen LogP contribution in [0.15, 0.2) is 42.5 Å².